The van der Waals surface area contributed by atoms with Crippen molar-refractivity contribution < 1.29 is 4.79 Å². The lowest BCUT2D eigenvalue weighted by Gasteiger charge is -2.25. The number of aromatic amines is 1. The topological polar surface area (TPSA) is 91.8 Å². The molecule has 21 heavy (non-hydrogen) atoms. The first-order valence-electron chi connectivity index (χ1n) is 6.99. The van der Waals surface area contributed by atoms with Crippen molar-refractivity contribution in [3.63, 3.8) is 0 Å². The molecule has 0 saturated carbocycles. The standard InChI is InChI=1S/C14H17N5O2/c20-13-4-3-12(17-18-13)16-14(21)11-2-1-9-19(11)10-5-7-15-8-6-10/h1-4,9-10,15H,5-8H2,(H,18,20)(H,16,17,21). The average Bonchev–Trinajstić information content (AvgIpc) is 3.00. The number of amides is 1. The molecule has 0 bridgehead atoms. The van der Waals surface area contributed by atoms with E-state index in [1.807, 2.05) is 16.8 Å². The summed E-state index contributed by atoms with van der Waals surface area (Å²) < 4.78 is 2.02. The van der Waals surface area contributed by atoms with Crippen LogP contribution in [0, 0.1) is 0 Å². The Morgan fingerprint density at radius 1 is 1.29 bits per heavy atom. The molecule has 0 aliphatic carbocycles. The van der Waals surface area contributed by atoms with Gasteiger partial charge in [0.15, 0.2) is 5.82 Å². The number of carbonyl (C=O) groups excluding carboxylic acids is 1. The highest BCUT2D eigenvalue weighted by Crippen LogP contribution is 2.21. The summed E-state index contributed by atoms with van der Waals surface area (Å²) in [5.41, 5.74) is 0.306. The second-order valence-electron chi connectivity index (χ2n) is 5.04. The van der Waals surface area contributed by atoms with Crippen LogP contribution in [0.1, 0.15) is 29.4 Å². The van der Waals surface area contributed by atoms with Gasteiger partial charge < -0.3 is 15.2 Å². The van der Waals surface area contributed by atoms with E-state index in [-0.39, 0.29) is 11.5 Å². The maximum Gasteiger partial charge on any atom is 0.273 e. The van der Waals surface area contributed by atoms with E-state index in [4.69, 9.17) is 0 Å². The van der Waals surface area contributed by atoms with Crippen LogP contribution in [-0.2, 0) is 0 Å². The number of aromatic nitrogens is 3. The Kier molecular flexibility index (Phi) is 3.83. The van der Waals surface area contributed by atoms with Gasteiger partial charge in [0, 0.05) is 18.3 Å². The van der Waals surface area contributed by atoms with Gasteiger partial charge in [-0.25, -0.2) is 5.10 Å². The van der Waals surface area contributed by atoms with Gasteiger partial charge >= 0.3 is 0 Å². The van der Waals surface area contributed by atoms with Gasteiger partial charge in [0.1, 0.15) is 5.69 Å². The molecule has 7 nitrogen and oxygen atoms in total. The SMILES string of the molecule is O=C(Nc1ccc(=O)[nH]n1)c1cccn1C1CCNCC1. The van der Waals surface area contributed by atoms with Crippen molar-refractivity contribution >= 4 is 11.7 Å². The van der Waals surface area contributed by atoms with E-state index in [9.17, 15) is 9.59 Å². The summed E-state index contributed by atoms with van der Waals surface area (Å²) in [6.45, 7) is 1.93. The number of hydrogen-bond donors (Lipinski definition) is 3. The number of nitrogens with one attached hydrogen (secondary N) is 3. The van der Waals surface area contributed by atoms with Gasteiger partial charge in [-0.1, -0.05) is 0 Å². The summed E-state index contributed by atoms with van der Waals surface area (Å²) >= 11 is 0. The number of carbonyl (C=O) groups is 1. The molecule has 7 heteroatoms. The molecule has 0 unspecified atom stereocenters. The van der Waals surface area contributed by atoms with Crippen LogP contribution < -0.4 is 16.2 Å². The van der Waals surface area contributed by atoms with Crippen molar-refractivity contribution in [1.29, 1.82) is 0 Å². The van der Waals surface area contributed by atoms with E-state index < -0.39 is 0 Å². The zero-order valence-electron chi connectivity index (χ0n) is 11.5. The Balaban J connectivity index is 1.77. The van der Waals surface area contributed by atoms with E-state index in [2.05, 4.69) is 20.8 Å². The molecule has 3 rings (SSSR count). The van der Waals surface area contributed by atoms with Crippen LogP contribution in [0.3, 0.4) is 0 Å². The van der Waals surface area contributed by atoms with Gasteiger partial charge in [-0.15, -0.1) is 0 Å². The lowest BCUT2D eigenvalue weighted by atomic mass is 10.1. The van der Waals surface area contributed by atoms with Crippen molar-refractivity contribution in [3.05, 3.63) is 46.5 Å². The molecule has 1 aliphatic rings. The third-order valence-corrected chi connectivity index (χ3v) is 3.63. The number of nitrogens with zero attached hydrogens (tertiary/aromatic N) is 2. The number of rotatable bonds is 3. The Morgan fingerprint density at radius 2 is 2.10 bits per heavy atom. The number of anilines is 1. The average molecular weight is 287 g/mol. The zero-order chi connectivity index (χ0) is 14.7. The third-order valence-electron chi connectivity index (χ3n) is 3.63. The molecule has 2 aromatic rings. The molecule has 3 N–H and O–H groups in total. The smallest absolute Gasteiger partial charge is 0.273 e. The molecule has 1 amide bonds. The van der Waals surface area contributed by atoms with E-state index in [0.717, 1.165) is 25.9 Å². The fraction of sp³-hybridized carbons (Fsp3) is 0.357. The molecule has 3 heterocycles. The van der Waals surface area contributed by atoms with Crippen LogP contribution >= 0.6 is 0 Å². The summed E-state index contributed by atoms with van der Waals surface area (Å²) in [5.74, 6) is 0.107. The summed E-state index contributed by atoms with van der Waals surface area (Å²) in [5, 5.41) is 12.1. The van der Waals surface area contributed by atoms with Crippen LogP contribution in [0.5, 0.6) is 0 Å². The van der Waals surface area contributed by atoms with Crippen LogP contribution in [0.25, 0.3) is 0 Å². The number of piperidine rings is 1. The number of hydrogen-bond acceptors (Lipinski definition) is 4. The molecule has 1 fully saturated rings. The highest BCUT2D eigenvalue weighted by molar-refractivity contribution is 6.02. The maximum absolute atomic E-state index is 12.3. The predicted molar refractivity (Wildman–Crippen MR) is 78.4 cm³/mol. The van der Waals surface area contributed by atoms with Crippen LogP contribution in [0.15, 0.2) is 35.3 Å². The fourth-order valence-corrected chi connectivity index (χ4v) is 2.58. The van der Waals surface area contributed by atoms with E-state index in [0.29, 0.717) is 17.6 Å². The minimum absolute atomic E-state index is 0.224. The van der Waals surface area contributed by atoms with Crippen molar-refractivity contribution in [2.24, 2.45) is 0 Å². The Labute approximate surface area is 121 Å². The first-order chi connectivity index (χ1) is 10.2. The second kappa shape index (κ2) is 5.92. The normalized spacial score (nSPS) is 15.8. The largest absolute Gasteiger partial charge is 0.340 e. The summed E-state index contributed by atoms with van der Waals surface area (Å²) in [7, 11) is 0. The molecular weight excluding hydrogens is 270 g/mol. The zero-order valence-corrected chi connectivity index (χ0v) is 11.5. The lowest BCUT2D eigenvalue weighted by Crippen LogP contribution is -2.31. The first-order valence-corrected chi connectivity index (χ1v) is 6.99. The highest BCUT2D eigenvalue weighted by Gasteiger charge is 2.20. The predicted octanol–water partition coefficient (Wildman–Crippen LogP) is 0.748. The van der Waals surface area contributed by atoms with E-state index in [1.54, 1.807) is 6.07 Å². The van der Waals surface area contributed by atoms with E-state index >= 15 is 0 Å². The van der Waals surface area contributed by atoms with Gasteiger partial charge in [-0.2, -0.15) is 5.10 Å². The summed E-state index contributed by atoms with van der Waals surface area (Å²) in [4.78, 5) is 23.3. The van der Waals surface area contributed by atoms with Gasteiger partial charge in [-0.05, 0) is 44.1 Å². The highest BCUT2D eigenvalue weighted by atomic mass is 16.2. The Hall–Kier alpha value is -2.41. The Morgan fingerprint density at radius 3 is 2.81 bits per heavy atom. The van der Waals surface area contributed by atoms with Crippen LogP contribution in [0.2, 0.25) is 0 Å². The molecule has 2 aromatic heterocycles. The first kappa shape index (κ1) is 13.6. The molecule has 0 aromatic carbocycles. The van der Waals surface area contributed by atoms with Crippen molar-refractivity contribution in [1.82, 2.24) is 20.1 Å². The van der Waals surface area contributed by atoms with Crippen molar-refractivity contribution in [3.8, 4) is 0 Å². The van der Waals surface area contributed by atoms with Crippen LogP contribution in [-0.4, -0.2) is 33.8 Å². The third kappa shape index (κ3) is 3.03. The maximum atomic E-state index is 12.3. The quantitative estimate of drug-likeness (QED) is 0.776. The van der Waals surface area contributed by atoms with Gasteiger partial charge in [0.05, 0.1) is 0 Å². The molecule has 0 atom stereocenters. The van der Waals surface area contributed by atoms with Crippen molar-refractivity contribution in [2.75, 3.05) is 18.4 Å². The Bertz CT molecular complexity index is 664. The summed E-state index contributed by atoms with van der Waals surface area (Å²) in [6, 6.07) is 6.81. The molecule has 0 radical (unpaired) electrons. The molecule has 110 valence electrons. The van der Waals surface area contributed by atoms with Gasteiger partial charge in [-0.3, -0.25) is 9.59 Å². The van der Waals surface area contributed by atoms with Crippen LogP contribution in [0.4, 0.5) is 5.82 Å². The van der Waals surface area contributed by atoms with Crippen molar-refractivity contribution in [2.45, 2.75) is 18.9 Å². The van der Waals surface area contributed by atoms with E-state index in [1.165, 1.54) is 12.1 Å². The monoisotopic (exact) mass is 287 g/mol. The minimum atomic E-state index is -0.300. The minimum Gasteiger partial charge on any atom is -0.340 e. The molecule has 1 aliphatic heterocycles. The lowest BCUT2D eigenvalue weighted by molar-refractivity contribution is 0.101. The van der Waals surface area contributed by atoms with Gasteiger partial charge in [0.2, 0.25) is 0 Å². The fourth-order valence-electron chi connectivity index (χ4n) is 2.58. The summed E-state index contributed by atoms with van der Waals surface area (Å²) in [6.07, 6.45) is 3.95. The number of H-pyrrole nitrogens is 1. The van der Waals surface area contributed by atoms with Gasteiger partial charge in [0.25, 0.3) is 11.5 Å². The second-order valence-corrected chi connectivity index (χ2v) is 5.04. The molecule has 0 spiro atoms. The molecule has 1 saturated heterocycles. The molecular formula is C14H17N5O2.